The fourth-order valence-corrected chi connectivity index (χ4v) is 2.69. The second-order valence-electron chi connectivity index (χ2n) is 5.35. The number of nitriles is 1. The predicted octanol–water partition coefficient (Wildman–Crippen LogP) is 3.35. The van der Waals surface area contributed by atoms with Crippen molar-refractivity contribution in [3.05, 3.63) is 35.4 Å². The number of ether oxygens (including phenoxy) is 1. The largest absolute Gasteiger partial charge is 0.378 e. The van der Waals surface area contributed by atoms with Crippen LogP contribution >= 0.6 is 0 Å². The van der Waals surface area contributed by atoms with E-state index in [-0.39, 0.29) is 29.8 Å². The Morgan fingerprint density at radius 3 is 2.52 bits per heavy atom. The second-order valence-corrected chi connectivity index (χ2v) is 5.35. The first-order valence-electron chi connectivity index (χ1n) is 7.03. The number of halogens is 2. The zero-order valence-electron chi connectivity index (χ0n) is 11.8. The van der Waals surface area contributed by atoms with Crippen LogP contribution in [0.3, 0.4) is 0 Å². The van der Waals surface area contributed by atoms with Crippen molar-refractivity contribution in [2.24, 2.45) is 5.92 Å². The van der Waals surface area contributed by atoms with Gasteiger partial charge in [-0.25, -0.2) is 8.78 Å². The number of ketones is 1. The normalized spacial score (nSPS) is 22.2. The van der Waals surface area contributed by atoms with Gasteiger partial charge in [-0.1, -0.05) is 0 Å². The third-order valence-electron chi connectivity index (χ3n) is 3.75. The van der Waals surface area contributed by atoms with E-state index in [4.69, 9.17) is 10.00 Å². The van der Waals surface area contributed by atoms with Crippen LogP contribution in [-0.2, 0) is 9.53 Å². The Morgan fingerprint density at radius 1 is 1.38 bits per heavy atom. The topological polar surface area (TPSA) is 50.1 Å². The van der Waals surface area contributed by atoms with E-state index in [0.29, 0.717) is 6.61 Å². The fraction of sp³-hybridized carbons (Fsp3) is 0.500. The van der Waals surface area contributed by atoms with Crippen LogP contribution in [0, 0.1) is 28.9 Å². The highest BCUT2D eigenvalue weighted by Gasteiger charge is 2.33. The quantitative estimate of drug-likeness (QED) is 0.808. The van der Waals surface area contributed by atoms with E-state index >= 15 is 0 Å². The maximum absolute atomic E-state index is 13.2. The molecule has 0 amide bonds. The number of Topliss-reactive ketones (excluding diaryl/α,β-unsaturated/α-hetero) is 1. The molecule has 0 aromatic heterocycles. The molecule has 1 unspecified atom stereocenters. The average molecular weight is 293 g/mol. The third kappa shape index (κ3) is 3.85. The summed E-state index contributed by atoms with van der Waals surface area (Å²) in [6, 6.07) is 4.65. The third-order valence-corrected chi connectivity index (χ3v) is 3.75. The summed E-state index contributed by atoms with van der Waals surface area (Å²) in [7, 11) is 0. The van der Waals surface area contributed by atoms with Gasteiger partial charge in [0.25, 0.3) is 0 Å². The Balaban J connectivity index is 1.98. The zero-order chi connectivity index (χ0) is 15.4. The number of rotatable bonds is 6. The van der Waals surface area contributed by atoms with Crippen LogP contribution < -0.4 is 0 Å². The van der Waals surface area contributed by atoms with Crippen molar-refractivity contribution in [1.82, 2.24) is 0 Å². The van der Waals surface area contributed by atoms with Crippen LogP contribution in [0.1, 0.15) is 37.7 Å². The van der Waals surface area contributed by atoms with Gasteiger partial charge in [-0.15, -0.1) is 0 Å². The van der Waals surface area contributed by atoms with Crippen molar-refractivity contribution in [2.45, 2.75) is 38.2 Å². The highest BCUT2D eigenvalue weighted by atomic mass is 19.1. The van der Waals surface area contributed by atoms with Crippen molar-refractivity contribution < 1.29 is 18.3 Å². The van der Waals surface area contributed by atoms with Gasteiger partial charge in [0.2, 0.25) is 0 Å². The summed E-state index contributed by atoms with van der Waals surface area (Å²) in [6.07, 6.45) is 2.05. The summed E-state index contributed by atoms with van der Waals surface area (Å²) < 4.78 is 31.8. The molecule has 0 saturated heterocycles. The van der Waals surface area contributed by atoms with E-state index in [9.17, 15) is 13.6 Å². The van der Waals surface area contributed by atoms with Crippen LogP contribution in [0.15, 0.2) is 18.2 Å². The number of hydrogen-bond donors (Lipinski definition) is 0. The molecule has 1 aliphatic rings. The lowest BCUT2D eigenvalue weighted by Gasteiger charge is -2.34. The van der Waals surface area contributed by atoms with E-state index in [1.165, 1.54) is 0 Å². The average Bonchev–Trinajstić information content (AvgIpc) is 2.36. The van der Waals surface area contributed by atoms with Gasteiger partial charge < -0.3 is 4.74 Å². The minimum absolute atomic E-state index is 0.0840. The Hall–Kier alpha value is -1.80. The maximum atomic E-state index is 13.2. The molecule has 1 fully saturated rings. The molecule has 0 radical (unpaired) electrons. The molecule has 2 rings (SSSR count). The molecule has 5 heteroatoms. The van der Waals surface area contributed by atoms with Gasteiger partial charge >= 0.3 is 0 Å². The first-order chi connectivity index (χ1) is 10.0. The monoisotopic (exact) mass is 293 g/mol. The second kappa shape index (κ2) is 6.77. The lowest BCUT2D eigenvalue weighted by Crippen LogP contribution is -2.33. The van der Waals surface area contributed by atoms with Gasteiger partial charge in [0.15, 0.2) is 5.78 Å². The first-order valence-corrected chi connectivity index (χ1v) is 7.03. The Kier molecular flexibility index (Phi) is 5.03. The molecule has 0 bridgehead atoms. The van der Waals surface area contributed by atoms with E-state index in [2.05, 4.69) is 0 Å². The van der Waals surface area contributed by atoms with Crippen molar-refractivity contribution in [1.29, 1.82) is 5.26 Å². The standard InChI is InChI=1S/C16H17F2NO2/c1-2-21-14-3-10(4-14)5-16(20)15(9-19)11-6-12(17)8-13(18)7-11/h6-8,10,14-15H,2-5H2,1H3. The van der Waals surface area contributed by atoms with Crippen LogP contribution in [0.5, 0.6) is 0 Å². The number of nitrogens with zero attached hydrogens (tertiary/aromatic N) is 1. The Labute approximate surface area is 122 Å². The van der Waals surface area contributed by atoms with Gasteiger partial charge in [-0.3, -0.25) is 4.79 Å². The summed E-state index contributed by atoms with van der Waals surface area (Å²) in [5.74, 6) is -2.76. The van der Waals surface area contributed by atoms with E-state index < -0.39 is 17.6 Å². The smallest absolute Gasteiger partial charge is 0.154 e. The number of hydrogen-bond acceptors (Lipinski definition) is 3. The van der Waals surface area contributed by atoms with Crippen LogP contribution in [-0.4, -0.2) is 18.5 Å². The summed E-state index contributed by atoms with van der Waals surface area (Å²) in [5, 5.41) is 9.13. The zero-order valence-corrected chi connectivity index (χ0v) is 11.8. The van der Waals surface area contributed by atoms with Gasteiger partial charge in [0.1, 0.15) is 17.6 Å². The van der Waals surface area contributed by atoms with Crippen LogP contribution in [0.25, 0.3) is 0 Å². The van der Waals surface area contributed by atoms with Gasteiger partial charge in [0.05, 0.1) is 12.2 Å². The molecule has 1 saturated carbocycles. The summed E-state index contributed by atoms with van der Waals surface area (Å²) in [4.78, 5) is 12.2. The molecule has 21 heavy (non-hydrogen) atoms. The van der Waals surface area contributed by atoms with Crippen molar-refractivity contribution in [3.8, 4) is 6.07 Å². The molecular weight excluding hydrogens is 276 g/mol. The molecule has 3 nitrogen and oxygen atoms in total. The molecule has 0 spiro atoms. The molecule has 0 heterocycles. The lowest BCUT2D eigenvalue weighted by molar-refractivity contribution is -0.122. The van der Waals surface area contributed by atoms with E-state index in [0.717, 1.165) is 31.0 Å². The molecule has 1 atom stereocenters. The van der Waals surface area contributed by atoms with Crippen molar-refractivity contribution in [2.75, 3.05) is 6.61 Å². The van der Waals surface area contributed by atoms with E-state index in [1.807, 2.05) is 13.0 Å². The van der Waals surface area contributed by atoms with Crippen LogP contribution in [0.4, 0.5) is 8.78 Å². The molecule has 0 aliphatic heterocycles. The summed E-state index contributed by atoms with van der Waals surface area (Å²) in [5.41, 5.74) is 0.0840. The molecule has 1 aromatic rings. The SMILES string of the molecule is CCOC1CC(CC(=O)C(C#N)c2cc(F)cc(F)c2)C1. The fourth-order valence-electron chi connectivity index (χ4n) is 2.69. The molecular formula is C16H17F2NO2. The molecule has 1 aromatic carbocycles. The highest BCUT2D eigenvalue weighted by Crippen LogP contribution is 2.34. The summed E-state index contributed by atoms with van der Waals surface area (Å²) >= 11 is 0. The molecule has 112 valence electrons. The Morgan fingerprint density at radius 2 is 2.00 bits per heavy atom. The van der Waals surface area contributed by atoms with Crippen LogP contribution in [0.2, 0.25) is 0 Å². The maximum Gasteiger partial charge on any atom is 0.154 e. The summed E-state index contributed by atoms with van der Waals surface area (Å²) in [6.45, 7) is 2.57. The van der Waals surface area contributed by atoms with Crippen molar-refractivity contribution in [3.63, 3.8) is 0 Å². The van der Waals surface area contributed by atoms with Gasteiger partial charge in [-0.2, -0.15) is 5.26 Å². The molecule has 1 aliphatic carbocycles. The van der Waals surface area contributed by atoms with Gasteiger partial charge in [-0.05, 0) is 43.4 Å². The first kappa shape index (κ1) is 15.6. The van der Waals surface area contributed by atoms with E-state index in [1.54, 1.807) is 0 Å². The number of carbonyl (C=O) groups is 1. The highest BCUT2D eigenvalue weighted by molar-refractivity contribution is 5.88. The number of carbonyl (C=O) groups excluding carboxylic acids is 1. The van der Waals surface area contributed by atoms with Crippen molar-refractivity contribution >= 4 is 5.78 Å². The minimum atomic E-state index is -1.11. The minimum Gasteiger partial charge on any atom is -0.378 e. The molecule has 0 N–H and O–H groups in total. The number of benzene rings is 1. The van der Waals surface area contributed by atoms with Gasteiger partial charge in [0, 0.05) is 19.1 Å². The lowest BCUT2D eigenvalue weighted by atomic mass is 9.77. The Bertz CT molecular complexity index is 542. The predicted molar refractivity (Wildman–Crippen MR) is 72.5 cm³/mol.